The van der Waals surface area contributed by atoms with Crippen molar-refractivity contribution in [3.8, 4) is 6.07 Å². The van der Waals surface area contributed by atoms with Crippen molar-refractivity contribution in [3.05, 3.63) is 34.9 Å². The Kier molecular flexibility index (Phi) is 7.97. The van der Waals surface area contributed by atoms with Crippen molar-refractivity contribution < 1.29 is 4.74 Å². The molecule has 0 spiro atoms. The van der Waals surface area contributed by atoms with Gasteiger partial charge in [-0.25, -0.2) is 4.98 Å². The van der Waals surface area contributed by atoms with Gasteiger partial charge in [-0.05, 0) is 68.7 Å². The van der Waals surface area contributed by atoms with Gasteiger partial charge in [0.15, 0.2) is 5.11 Å². The molecule has 2 aliphatic rings. The van der Waals surface area contributed by atoms with Gasteiger partial charge in [0.25, 0.3) is 0 Å². The summed E-state index contributed by atoms with van der Waals surface area (Å²) in [7, 11) is 0. The molecule has 0 atom stereocenters. The molecule has 0 saturated carbocycles. The lowest BCUT2D eigenvalue weighted by Crippen LogP contribution is -2.43. The Bertz CT molecular complexity index is 1030. The van der Waals surface area contributed by atoms with E-state index in [1.165, 1.54) is 5.56 Å². The first-order valence-corrected chi connectivity index (χ1v) is 12.4. The molecular weight excluding hydrogens is 432 g/mol. The molecule has 33 heavy (non-hydrogen) atoms. The maximum Gasteiger partial charge on any atom is 0.168 e. The average Bonchev–Trinajstić information content (AvgIpc) is 3.08. The number of anilines is 1. The van der Waals surface area contributed by atoms with Crippen molar-refractivity contribution in [1.29, 1.82) is 5.26 Å². The lowest BCUT2D eigenvalue weighted by molar-refractivity contribution is 0.0376. The van der Waals surface area contributed by atoms with E-state index in [1.807, 2.05) is 6.07 Å². The van der Waals surface area contributed by atoms with Crippen molar-refractivity contribution in [1.82, 2.24) is 20.1 Å². The molecule has 176 valence electrons. The highest BCUT2D eigenvalue weighted by atomic mass is 32.1. The van der Waals surface area contributed by atoms with Gasteiger partial charge >= 0.3 is 0 Å². The second-order valence-corrected chi connectivity index (χ2v) is 9.37. The Balaban J connectivity index is 1.35. The minimum Gasteiger partial charge on any atom is -0.379 e. The molecule has 8 heteroatoms. The summed E-state index contributed by atoms with van der Waals surface area (Å²) in [6.45, 7) is 13.3. The van der Waals surface area contributed by atoms with E-state index in [4.69, 9.17) is 21.9 Å². The van der Waals surface area contributed by atoms with Crippen molar-refractivity contribution >= 4 is 34.1 Å². The van der Waals surface area contributed by atoms with Crippen LogP contribution >= 0.6 is 12.2 Å². The zero-order valence-corrected chi connectivity index (χ0v) is 20.6. The van der Waals surface area contributed by atoms with Crippen LogP contribution in [0.2, 0.25) is 0 Å². The maximum atomic E-state index is 9.81. The normalized spacial score (nSPS) is 17.6. The zero-order chi connectivity index (χ0) is 23.2. The number of aromatic nitrogens is 1. The number of benzene rings is 1. The Hall–Kier alpha value is -2.47. The monoisotopic (exact) mass is 466 g/mol. The predicted octanol–water partition coefficient (Wildman–Crippen LogP) is 2.83. The van der Waals surface area contributed by atoms with E-state index in [9.17, 15) is 5.26 Å². The number of rotatable bonds is 5. The standard InChI is InChI=1S/C25H34N6OS/c1-19-15-20(2)22-17-21(18-26)24(28-23(22)16-19)30-7-4-8-31(10-9-30)25(33)27-5-3-6-29-11-13-32-14-12-29/h15-17H,3-14H2,1-2H3,(H,27,33). The SMILES string of the molecule is Cc1cc(C)c2cc(C#N)c(N3CCCN(C(=S)NCCCN4CCOCC4)CC3)nc2c1. The van der Waals surface area contributed by atoms with Crippen LogP contribution in [0.15, 0.2) is 18.2 Å². The first-order valence-electron chi connectivity index (χ1n) is 11.9. The van der Waals surface area contributed by atoms with Gasteiger partial charge in [0, 0.05) is 51.2 Å². The van der Waals surface area contributed by atoms with E-state index in [0.717, 1.165) is 106 Å². The number of hydrogen-bond donors (Lipinski definition) is 1. The number of pyridine rings is 1. The molecule has 1 aromatic carbocycles. The fraction of sp³-hybridized carbons (Fsp3) is 0.560. The number of ether oxygens (including phenoxy) is 1. The second-order valence-electron chi connectivity index (χ2n) is 8.99. The van der Waals surface area contributed by atoms with Crippen LogP contribution in [-0.2, 0) is 4.74 Å². The lowest BCUT2D eigenvalue weighted by Gasteiger charge is -2.27. The molecule has 2 aliphatic heterocycles. The van der Waals surface area contributed by atoms with Crippen LogP contribution in [0.1, 0.15) is 29.5 Å². The number of nitrogens with zero attached hydrogens (tertiary/aromatic N) is 5. The summed E-state index contributed by atoms with van der Waals surface area (Å²) in [5, 5.41) is 15.1. The first kappa shape index (κ1) is 23.7. The molecule has 7 nitrogen and oxygen atoms in total. The Morgan fingerprint density at radius 2 is 1.94 bits per heavy atom. The largest absolute Gasteiger partial charge is 0.379 e. The van der Waals surface area contributed by atoms with Gasteiger partial charge in [0.1, 0.15) is 11.9 Å². The van der Waals surface area contributed by atoms with Gasteiger partial charge in [-0.1, -0.05) is 6.07 Å². The first-order chi connectivity index (χ1) is 16.0. The maximum absolute atomic E-state index is 9.81. The summed E-state index contributed by atoms with van der Waals surface area (Å²) < 4.78 is 5.41. The number of nitrogens with one attached hydrogen (secondary N) is 1. The molecule has 2 aromatic rings. The van der Waals surface area contributed by atoms with Crippen LogP contribution in [0.5, 0.6) is 0 Å². The number of morpholine rings is 1. The third-order valence-corrected chi connectivity index (χ3v) is 6.90. The lowest BCUT2D eigenvalue weighted by atomic mass is 10.0. The Labute approximate surface area is 202 Å². The smallest absolute Gasteiger partial charge is 0.168 e. The van der Waals surface area contributed by atoms with Gasteiger partial charge in [-0.3, -0.25) is 4.90 Å². The van der Waals surface area contributed by atoms with Crippen LogP contribution in [-0.4, -0.2) is 85.5 Å². The van der Waals surface area contributed by atoms with Crippen molar-refractivity contribution in [2.45, 2.75) is 26.7 Å². The summed E-state index contributed by atoms with van der Waals surface area (Å²) in [4.78, 5) is 11.9. The van der Waals surface area contributed by atoms with E-state index in [2.05, 4.69) is 52.1 Å². The second kappa shape index (κ2) is 11.1. The quantitative estimate of drug-likeness (QED) is 0.533. The van der Waals surface area contributed by atoms with Crippen molar-refractivity contribution in [2.75, 3.05) is 70.5 Å². The van der Waals surface area contributed by atoms with E-state index in [-0.39, 0.29) is 0 Å². The number of aryl methyl sites for hydroxylation is 2. The van der Waals surface area contributed by atoms with E-state index in [0.29, 0.717) is 5.56 Å². The van der Waals surface area contributed by atoms with Crippen LogP contribution in [0, 0.1) is 25.2 Å². The third-order valence-electron chi connectivity index (χ3n) is 6.50. The fourth-order valence-corrected chi connectivity index (χ4v) is 4.99. The summed E-state index contributed by atoms with van der Waals surface area (Å²) in [5.41, 5.74) is 3.95. The molecule has 0 bridgehead atoms. The van der Waals surface area contributed by atoms with Crippen molar-refractivity contribution in [3.63, 3.8) is 0 Å². The van der Waals surface area contributed by atoms with Crippen LogP contribution < -0.4 is 10.2 Å². The summed E-state index contributed by atoms with van der Waals surface area (Å²) in [5.74, 6) is 0.793. The van der Waals surface area contributed by atoms with E-state index >= 15 is 0 Å². The zero-order valence-electron chi connectivity index (χ0n) is 19.8. The number of thiocarbonyl (C=S) groups is 1. The van der Waals surface area contributed by atoms with Gasteiger partial charge < -0.3 is 19.9 Å². The van der Waals surface area contributed by atoms with E-state index < -0.39 is 0 Å². The molecule has 2 fully saturated rings. The molecule has 3 heterocycles. The molecule has 1 N–H and O–H groups in total. The number of nitriles is 1. The van der Waals surface area contributed by atoms with Crippen LogP contribution in [0.4, 0.5) is 5.82 Å². The summed E-state index contributed by atoms with van der Waals surface area (Å²) in [6, 6.07) is 8.62. The molecular formula is C25H34N6OS. The van der Waals surface area contributed by atoms with Crippen molar-refractivity contribution in [2.24, 2.45) is 0 Å². The predicted molar refractivity (Wildman–Crippen MR) is 137 cm³/mol. The van der Waals surface area contributed by atoms with Crippen LogP contribution in [0.3, 0.4) is 0 Å². The molecule has 1 aromatic heterocycles. The van der Waals surface area contributed by atoms with Gasteiger partial charge in [-0.2, -0.15) is 5.26 Å². The highest BCUT2D eigenvalue weighted by molar-refractivity contribution is 7.80. The van der Waals surface area contributed by atoms with E-state index in [1.54, 1.807) is 0 Å². The van der Waals surface area contributed by atoms with Gasteiger partial charge in [0.05, 0.1) is 24.3 Å². The molecule has 0 radical (unpaired) electrons. The summed E-state index contributed by atoms with van der Waals surface area (Å²) >= 11 is 5.69. The molecule has 0 aliphatic carbocycles. The fourth-order valence-electron chi connectivity index (χ4n) is 4.71. The molecule has 0 amide bonds. The Morgan fingerprint density at radius 3 is 2.73 bits per heavy atom. The molecule has 2 saturated heterocycles. The highest BCUT2D eigenvalue weighted by Gasteiger charge is 2.21. The minimum absolute atomic E-state index is 0.645. The van der Waals surface area contributed by atoms with Crippen LogP contribution in [0.25, 0.3) is 10.9 Å². The minimum atomic E-state index is 0.645. The highest BCUT2D eigenvalue weighted by Crippen LogP contribution is 2.27. The average molecular weight is 467 g/mol. The number of hydrogen-bond acceptors (Lipinski definition) is 6. The summed E-state index contributed by atoms with van der Waals surface area (Å²) in [6.07, 6.45) is 2.05. The van der Waals surface area contributed by atoms with Gasteiger partial charge in [-0.15, -0.1) is 0 Å². The molecule has 0 unspecified atom stereocenters. The third kappa shape index (κ3) is 5.91. The van der Waals surface area contributed by atoms with Gasteiger partial charge in [0.2, 0.25) is 0 Å². The topological polar surface area (TPSA) is 67.7 Å². The molecule has 4 rings (SSSR count). The Morgan fingerprint density at radius 1 is 1.12 bits per heavy atom. The number of fused-ring (bicyclic) bond motifs is 1.